The van der Waals surface area contributed by atoms with Gasteiger partial charge in [0.15, 0.2) is 0 Å². The Bertz CT molecular complexity index is 1700. The Labute approximate surface area is 215 Å². The second kappa shape index (κ2) is 9.46. The van der Waals surface area contributed by atoms with E-state index in [0.717, 1.165) is 5.56 Å². The summed E-state index contributed by atoms with van der Waals surface area (Å²) in [6.45, 7) is 0. The first kappa shape index (κ1) is 24.1. The number of nitrogens with zero attached hydrogens (tertiary/aromatic N) is 4. The molecule has 13 heteroatoms. The maximum absolute atomic E-state index is 12.9. The lowest BCUT2D eigenvalue weighted by molar-refractivity contribution is 0.100. The number of H-pyrrole nitrogens is 1. The molecule has 2 aromatic carbocycles. The van der Waals surface area contributed by atoms with Crippen LogP contribution >= 0.6 is 0 Å². The van der Waals surface area contributed by atoms with Crippen LogP contribution in [0.1, 0.15) is 21.1 Å². The number of carbonyl (C=O) groups is 3. The van der Waals surface area contributed by atoms with Crippen LogP contribution in [0.3, 0.4) is 0 Å². The third-order valence-electron chi connectivity index (χ3n) is 5.74. The minimum atomic E-state index is -1.15. The molecule has 5 rings (SSSR count). The third-order valence-corrected chi connectivity index (χ3v) is 5.74. The molecule has 0 fully saturated rings. The fourth-order valence-corrected chi connectivity index (χ4v) is 4.00. The number of benzene rings is 2. The summed E-state index contributed by atoms with van der Waals surface area (Å²) in [5, 5.41) is 16.8. The Kier molecular flexibility index (Phi) is 6.01. The molecule has 0 saturated heterocycles. The number of aromatic nitrogens is 5. The maximum Gasteiger partial charge on any atom is 0.409 e. The van der Waals surface area contributed by atoms with Crippen molar-refractivity contribution in [2.75, 3.05) is 21.7 Å². The van der Waals surface area contributed by atoms with Gasteiger partial charge in [-0.3, -0.25) is 14.9 Å². The van der Waals surface area contributed by atoms with Crippen LogP contribution in [0.2, 0.25) is 0 Å². The van der Waals surface area contributed by atoms with Crippen molar-refractivity contribution < 1.29 is 19.5 Å². The lowest BCUT2D eigenvalue weighted by atomic mass is 10.2. The molecule has 0 bridgehead atoms. The average molecular weight is 514 g/mol. The lowest BCUT2D eigenvalue weighted by Crippen LogP contribution is -2.16. The SMILES string of the molecule is Cn1cc(NC(=O)c2nc(N)cn2C)cc1C(=O)Nc1ccc(-c2nc3ccc(NC(=O)O)cc3[nH]2)cc1. The number of hydrogen-bond acceptors (Lipinski definition) is 6. The number of nitrogens with one attached hydrogen (secondary N) is 4. The number of carboxylic acid groups (broad SMARTS) is 1. The number of rotatable bonds is 6. The van der Waals surface area contributed by atoms with Gasteiger partial charge in [0.2, 0.25) is 5.82 Å². The predicted octanol–water partition coefficient (Wildman–Crippen LogP) is 3.48. The van der Waals surface area contributed by atoms with Crippen LogP contribution < -0.4 is 21.7 Å². The lowest BCUT2D eigenvalue weighted by Gasteiger charge is -2.06. The van der Waals surface area contributed by atoms with Gasteiger partial charge in [-0.2, -0.15) is 0 Å². The number of nitrogens with two attached hydrogens (primary N) is 1. The van der Waals surface area contributed by atoms with Gasteiger partial charge in [-0.1, -0.05) is 0 Å². The Hall–Kier alpha value is -5.59. The molecule has 0 spiro atoms. The third kappa shape index (κ3) is 4.88. The van der Waals surface area contributed by atoms with Crippen LogP contribution in [0.4, 0.5) is 27.7 Å². The van der Waals surface area contributed by atoms with Gasteiger partial charge in [0.1, 0.15) is 17.3 Å². The summed E-state index contributed by atoms with van der Waals surface area (Å²) in [5.74, 6) is 0.183. The van der Waals surface area contributed by atoms with E-state index in [1.54, 1.807) is 73.4 Å². The number of anilines is 4. The highest BCUT2D eigenvalue weighted by Gasteiger charge is 2.17. The molecule has 3 aromatic heterocycles. The first-order valence-corrected chi connectivity index (χ1v) is 11.3. The zero-order chi connectivity index (χ0) is 27.0. The molecular weight excluding hydrogens is 490 g/mol. The molecule has 7 N–H and O–H groups in total. The van der Waals surface area contributed by atoms with Crippen molar-refractivity contribution >= 4 is 51.8 Å². The molecular formula is C25H23N9O4. The molecule has 192 valence electrons. The second-order valence-corrected chi connectivity index (χ2v) is 8.56. The maximum atomic E-state index is 12.9. The monoisotopic (exact) mass is 513 g/mol. The van der Waals surface area contributed by atoms with Gasteiger partial charge in [0, 0.05) is 43.4 Å². The van der Waals surface area contributed by atoms with Crippen molar-refractivity contribution in [3.8, 4) is 11.4 Å². The average Bonchev–Trinajstić information content (AvgIpc) is 3.54. The summed E-state index contributed by atoms with van der Waals surface area (Å²) in [4.78, 5) is 48.0. The highest BCUT2D eigenvalue weighted by Crippen LogP contribution is 2.24. The van der Waals surface area contributed by atoms with Gasteiger partial charge in [0.05, 0.1) is 16.7 Å². The Balaban J connectivity index is 1.27. The number of fused-ring (bicyclic) bond motifs is 1. The summed E-state index contributed by atoms with van der Waals surface area (Å²) in [7, 11) is 3.36. The molecule has 3 amide bonds. The number of aromatic amines is 1. The smallest absolute Gasteiger partial charge is 0.409 e. The van der Waals surface area contributed by atoms with E-state index in [-0.39, 0.29) is 17.5 Å². The standard InChI is InChI=1S/C25H23N9O4/c1-33-11-16(28-24(36)22-32-20(26)12-34(22)2)10-19(33)23(35)27-14-5-3-13(4-6-14)21-30-17-8-7-15(29-25(37)38)9-18(17)31-21/h3-12,29H,26H2,1-2H3,(H,27,35)(H,28,36)(H,30,31)(H,37,38). The fourth-order valence-electron chi connectivity index (χ4n) is 4.00. The van der Waals surface area contributed by atoms with E-state index in [2.05, 4.69) is 30.9 Å². The molecule has 13 nitrogen and oxygen atoms in total. The number of hydrogen-bond donors (Lipinski definition) is 6. The van der Waals surface area contributed by atoms with E-state index < -0.39 is 12.0 Å². The number of aryl methyl sites for hydroxylation is 2. The van der Waals surface area contributed by atoms with Gasteiger partial charge in [-0.15, -0.1) is 0 Å². The van der Waals surface area contributed by atoms with E-state index >= 15 is 0 Å². The predicted molar refractivity (Wildman–Crippen MR) is 142 cm³/mol. The second-order valence-electron chi connectivity index (χ2n) is 8.56. The molecule has 38 heavy (non-hydrogen) atoms. The number of nitrogen functional groups attached to an aromatic ring is 1. The molecule has 0 atom stereocenters. The largest absolute Gasteiger partial charge is 0.465 e. The van der Waals surface area contributed by atoms with E-state index in [1.165, 1.54) is 10.8 Å². The Morgan fingerprint density at radius 1 is 0.842 bits per heavy atom. The number of amides is 3. The summed E-state index contributed by atoms with van der Waals surface area (Å²) in [5.41, 5.74) is 9.57. The Morgan fingerprint density at radius 3 is 2.24 bits per heavy atom. The molecule has 0 aliphatic carbocycles. The topological polar surface area (TPSA) is 185 Å². The van der Waals surface area contributed by atoms with Gasteiger partial charge in [-0.05, 0) is 48.5 Å². The zero-order valence-electron chi connectivity index (χ0n) is 20.3. The molecule has 0 saturated carbocycles. The minimum Gasteiger partial charge on any atom is -0.465 e. The quantitative estimate of drug-likeness (QED) is 0.201. The molecule has 0 radical (unpaired) electrons. The number of imidazole rings is 2. The first-order chi connectivity index (χ1) is 18.2. The van der Waals surface area contributed by atoms with Crippen LogP contribution in [0.15, 0.2) is 60.9 Å². The molecule has 0 aliphatic rings. The van der Waals surface area contributed by atoms with E-state index in [0.29, 0.717) is 39.6 Å². The molecule has 0 unspecified atom stereocenters. The van der Waals surface area contributed by atoms with E-state index in [4.69, 9.17) is 10.8 Å². The van der Waals surface area contributed by atoms with Crippen LogP contribution in [-0.2, 0) is 14.1 Å². The molecule has 0 aliphatic heterocycles. The van der Waals surface area contributed by atoms with Crippen molar-refractivity contribution in [1.29, 1.82) is 0 Å². The van der Waals surface area contributed by atoms with Gasteiger partial charge < -0.3 is 35.6 Å². The van der Waals surface area contributed by atoms with Gasteiger partial charge in [0.25, 0.3) is 11.8 Å². The van der Waals surface area contributed by atoms with Gasteiger partial charge >= 0.3 is 6.09 Å². The van der Waals surface area contributed by atoms with Crippen LogP contribution in [-0.4, -0.2) is 47.1 Å². The summed E-state index contributed by atoms with van der Waals surface area (Å²) in [6, 6.07) is 13.7. The van der Waals surface area contributed by atoms with Crippen molar-refractivity contribution in [3.63, 3.8) is 0 Å². The summed E-state index contributed by atoms with van der Waals surface area (Å²) in [6.07, 6.45) is 2.02. The highest BCUT2D eigenvalue weighted by atomic mass is 16.4. The van der Waals surface area contributed by atoms with Crippen LogP contribution in [0.25, 0.3) is 22.4 Å². The summed E-state index contributed by atoms with van der Waals surface area (Å²) < 4.78 is 3.12. The van der Waals surface area contributed by atoms with Crippen LogP contribution in [0.5, 0.6) is 0 Å². The van der Waals surface area contributed by atoms with Crippen molar-refractivity contribution in [2.45, 2.75) is 0 Å². The van der Waals surface area contributed by atoms with Crippen LogP contribution in [0, 0.1) is 0 Å². The van der Waals surface area contributed by atoms with Crippen molar-refractivity contribution in [1.82, 2.24) is 24.1 Å². The van der Waals surface area contributed by atoms with E-state index in [1.807, 2.05) is 0 Å². The first-order valence-electron chi connectivity index (χ1n) is 11.3. The van der Waals surface area contributed by atoms with Crippen molar-refractivity contribution in [3.05, 3.63) is 72.4 Å². The molecule has 5 aromatic rings. The fraction of sp³-hybridized carbons (Fsp3) is 0.0800. The Morgan fingerprint density at radius 2 is 1.55 bits per heavy atom. The van der Waals surface area contributed by atoms with E-state index in [9.17, 15) is 14.4 Å². The highest BCUT2D eigenvalue weighted by molar-refractivity contribution is 6.06. The molecule has 3 heterocycles. The summed E-state index contributed by atoms with van der Waals surface area (Å²) >= 11 is 0. The minimum absolute atomic E-state index is 0.152. The zero-order valence-corrected chi connectivity index (χ0v) is 20.3. The van der Waals surface area contributed by atoms with Crippen molar-refractivity contribution in [2.24, 2.45) is 14.1 Å². The number of carbonyl (C=O) groups excluding carboxylic acids is 2. The normalized spacial score (nSPS) is 10.9. The van der Waals surface area contributed by atoms with Gasteiger partial charge in [-0.25, -0.2) is 14.8 Å².